The minimum Gasteiger partial charge on any atom is -0.378 e. The zero-order chi connectivity index (χ0) is 25.5. The minimum atomic E-state index is 0.244. The van der Waals surface area contributed by atoms with Crippen LogP contribution in [0.4, 0.5) is 0 Å². The molecule has 0 aliphatic carbocycles. The van der Waals surface area contributed by atoms with Crippen LogP contribution in [0.1, 0.15) is 49.7 Å². The fraction of sp³-hybridized carbons (Fsp3) is 0.467. The number of rotatable bonds is 5. The maximum absolute atomic E-state index is 12.7. The van der Waals surface area contributed by atoms with Crippen LogP contribution in [-0.2, 0) is 16.6 Å². The number of aromatic amines is 1. The molecule has 0 saturated carbocycles. The Bertz CT molecular complexity index is 1420. The van der Waals surface area contributed by atoms with Crippen LogP contribution >= 0.6 is 0 Å². The molecule has 0 bridgehead atoms. The van der Waals surface area contributed by atoms with Gasteiger partial charge in [0.25, 0.3) is 0 Å². The second kappa shape index (κ2) is 9.95. The van der Waals surface area contributed by atoms with E-state index in [1.54, 1.807) is 0 Å². The monoisotopic (exact) mass is 499 g/mol. The number of H-pyrrole nitrogens is 1. The quantitative estimate of drug-likeness (QED) is 0.425. The van der Waals surface area contributed by atoms with Crippen molar-refractivity contribution >= 4 is 27.8 Å². The molecule has 37 heavy (non-hydrogen) atoms. The molecular formula is C30H37N5O2. The summed E-state index contributed by atoms with van der Waals surface area (Å²) in [6.07, 6.45) is 6.23. The number of aryl methyl sites for hydroxylation is 1. The van der Waals surface area contributed by atoms with Gasteiger partial charge in [0, 0.05) is 54.4 Å². The number of hydrogen-bond donors (Lipinski definition) is 1. The van der Waals surface area contributed by atoms with Crippen molar-refractivity contribution in [3.8, 4) is 11.3 Å². The van der Waals surface area contributed by atoms with Crippen molar-refractivity contribution in [1.29, 1.82) is 0 Å². The van der Waals surface area contributed by atoms with E-state index in [-0.39, 0.29) is 5.91 Å². The molecule has 7 heteroatoms. The molecule has 0 unspecified atom stereocenters. The predicted octanol–water partition coefficient (Wildman–Crippen LogP) is 4.88. The predicted molar refractivity (Wildman–Crippen MR) is 148 cm³/mol. The number of carbonyl (C=O) groups excluding carboxylic acids is 1. The number of aromatic nitrogens is 3. The Morgan fingerprint density at radius 2 is 1.89 bits per heavy atom. The number of nitrogens with zero attached hydrogens (tertiary/aromatic N) is 4. The number of likely N-dealkylation sites (tertiary alicyclic amines) is 1. The van der Waals surface area contributed by atoms with E-state index in [0.29, 0.717) is 31.6 Å². The van der Waals surface area contributed by atoms with E-state index in [4.69, 9.17) is 4.74 Å². The largest absolute Gasteiger partial charge is 0.378 e. The van der Waals surface area contributed by atoms with Crippen LogP contribution < -0.4 is 0 Å². The Labute approximate surface area is 218 Å². The van der Waals surface area contributed by atoms with Crippen LogP contribution in [-0.4, -0.2) is 76.2 Å². The third-order valence-electron chi connectivity index (χ3n) is 8.22. The summed E-state index contributed by atoms with van der Waals surface area (Å²) in [4.78, 5) is 25.3. The highest BCUT2D eigenvalue weighted by atomic mass is 16.5. The van der Waals surface area contributed by atoms with E-state index in [0.717, 1.165) is 44.7 Å². The van der Waals surface area contributed by atoms with Gasteiger partial charge in [0.05, 0.1) is 25.5 Å². The molecule has 2 aliphatic rings. The van der Waals surface area contributed by atoms with E-state index >= 15 is 0 Å². The number of benzene rings is 1. The minimum absolute atomic E-state index is 0.244. The summed E-state index contributed by atoms with van der Waals surface area (Å²) in [5, 5.41) is 2.51. The van der Waals surface area contributed by atoms with Crippen molar-refractivity contribution in [1.82, 2.24) is 24.3 Å². The van der Waals surface area contributed by atoms with Gasteiger partial charge in [0.15, 0.2) is 0 Å². The molecule has 2 saturated heterocycles. The number of amides is 1. The van der Waals surface area contributed by atoms with Crippen LogP contribution in [0, 0.1) is 0 Å². The van der Waals surface area contributed by atoms with E-state index < -0.39 is 0 Å². The number of pyridine rings is 1. The number of ether oxygens (including phenoxy) is 1. The standard InChI is InChI=1S/C30H37N5O2/c1-20(2)28-24-17-22(21-8-11-34(12-9-21)19-27(36)35-13-15-37-16-14-35)6-7-26(24)32-29(28)25-18-33(3)30-23(25)5-4-10-31-30/h4-7,10,17-18,20-21,32H,8-9,11-16,19H2,1-3H3. The van der Waals surface area contributed by atoms with Gasteiger partial charge >= 0.3 is 0 Å². The van der Waals surface area contributed by atoms with E-state index in [1.165, 1.54) is 38.7 Å². The number of carbonyl (C=O) groups is 1. The van der Waals surface area contributed by atoms with Crippen molar-refractivity contribution in [2.45, 2.75) is 38.5 Å². The van der Waals surface area contributed by atoms with Gasteiger partial charge in [0.1, 0.15) is 5.65 Å². The summed E-state index contributed by atoms with van der Waals surface area (Å²) < 4.78 is 7.50. The average Bonchev–Trinajstić information content (AvgIpc) is 3.47. The number of piperidine rings is 1. The molecule has 1 N–H and O–H groups in total. The SMILES string of the molecule is CC(C)c1c(-c2cn(C)c3ncccc23)[nH]c2ccc(C3CCN(CC(=O)N4CCOCC4)CC3)cc12. The second-order valence-corrected chi connectivity index (χ2v) is 10.9. The molecule has 0 radical (unpaired) electrons. The van der Waals surface area contributed by atoms with Crippen molar-refractivity contribution in [3.05, 3.63) is 53.9 Å². The van der Waals surface area contributed by atoms with Gasteiger partial charge in [-0.25, -0.2) is 4.98 Å². The maximum atomic E-state index is 12.7. The van der Waals surface area contributed by atoms with Crippen LogP contribution in [0.5, 0.6) is 0 Å². The zero-order valence-electron chi connectivity index (χ0n) is 22.2. The first kappa shape index (κ1) is 24.2. The number of nitrogens with one attached hydrogen (secondary N) is 1. The summed E-state index contributed by atoms with van der Waals surface area (Å²) in [5.41, 5.74) is 7.41. The Balaban J connectivity index is 1.24. The van der Waals surface area contributed by atoms with Gasteiger partial charge in [-0.15, -0.1) is 0 Å². The first-order valence-corrected chi connectivity index (χ1v) is 13.6. The summed E-state index contributed by atoms with van der Waals surface area (Å²) in [6.45, 7) is 9.81. The van der Waals surface area contributed by atoms with Crippen LogP contribution in [0.2, 0.25) is 0 Å². The molecule has 3 aromatic heterocycles. The third kappa shape index (κ3) is 4.55. The highest BCUT2D eigenvalue weighted by molar-refractivity contribution is 5.99. The van der Waals surface area contributed by atoms with Gasteiger partial charge in [-0.1, -0.05) is 19.9 Å². The topological polar surface area (TPSA) is 66.4 Å². The van der Waals surface area contributed by atoms with Crippen molar-refractivity contribution in [2.24, 2.45) is 7.05 Å². The van der Waals surface area contributed by atoms with E-state index in [9.17, 15) is 4.79 Å². The highest BCUT2D eigenvalue weighted by Gasteiger charge is 2.26. The highest BCUT2D eigenvalue weighted by Crippen LogP contribution is 2.40. The van der Waals surface area contributed by atoms with Crippen molar-refractivity contribution < 1.29 is 9.53 Å². The van der Waals surface area contributed by atoms with Crippen molar-refractivity contribution in [3.63, 3.8) is 0 Å². The molecule has 6 rings (SSSR count). The van der Waals surface area contributed by atoms with Gasteiger partial charge in [-0.2, -0.15) is 0 Å². The number of fused-ring (bicyclic) bond motifs is 2. The smallest absolute Gasteiger partial charge is 0.236 e. The molecule has 0 spiro atoms. The van der Waals surface area contributed by atoms with Gasteiger partial charge < -0.3 is 19.2 Å². The molecule has 2 aliphatic heterocycles. The van der Waals surface area contributed by atoms with Crippen molar-refractivity contribution in [2.75, 3.05) is 45.9 Å². The fourth-order valence-electron chi connectivity index (χ4n) is 6.24. The molecule has 0 atom stereocenters. The normalized spacial score (nSPS) is 17.9. The average molecular weight is 500 g/mol. The first-order chi connectivity index (χ1) is 18.0. The lowest BCUT2D eigenvalue weighted by Gasteiger charge is -2.34. The summed E-state index contributed by atoms with van der Waals surface area (Å²) in [7, 11) is 2.07. The summed E-state index contributed by atoms with van der Waals surface area (Å²) >= 11 is 0. The summed E-state index contributed by atoms with van der Waals surface area (Å²) in [6, 6.07) is 11.2. The Morgan fingerprint density at radius 3 is 2.65 bits per heavy atom. The lowest BCUT2D eigenvalue weighted by atomic mass is 9.87. The Hall–Kier alpha value is -3.16. The molecule has 1 aromatic carbocycles. The molecule has 1 amide bonds. The molecule has 2 fully saturated rings. The Morgan fingerprint density at radius 1 is 1.11 bits per heavy atom. The van der Waals surface area contributed by atoms with Crippen LogP contribution in [0.3, 0.4) is 0 Å². The van der Waals surface area contributed by atoms with Crippen LogP contribution in [0.15, 0.2) is 42.7 Å². The molecule has 7 nitrogen and oxygen atoms in total. The van der Waals surface area contributed by atoms with Gasteiger partial charge in [0.2, 0.25) is 5.91 Å². The Kier molecular flexibility index (Phi) is 6.51. The van der Waals surface area contributed by atoms with Crippen LogP contribution in [0.25, 0.3) is 33.2 Å². The maximum Gasteiger partial charge on any atom is 0.236 e. The van der Waals surface area contributed by atoms with Gasteiger partial charge in [-0.05, 0) is 73.2 Å². The lowest BCUT2D eigenvalue weighted by molar-refractivity contribution is -0.136. The number of morpholine rings is 1. The third-order valence-corrected chi connectivity index (χ3v) is 8.22. The van der Waals surface area contributed by atoms with E-state index in [2.05, 4.69) is 70.8 Å². The first-order valence-electron chi connectivity index (χ1n) is 13.6. The fourth-order valence-corrected chi connectivity index (χ4v) is 6.24. The molecule has 194 valence electrons. The lowest BCUT2D eigenvalue weighted by Crippen LogP contribution is -2.47. The zero-order valence-corrected chi connectivity index (χ0v) is 22.2. The second-order valence-electron chi connectivity index (χ2n) is 10.9. The van der Waals surface area contributed by atoms with E-state index in [1.807, 2.05) is 17.2 Å². The van der Waals surface area contributed by atoms with Gasteiger partial charge in [-0.3, -0.25) is 9.69 Å². The number of hydrogen-bond acceptors (Lipinski definition) is 4. The molecular weight excluding hydrogens is 462 g/mol. The molecule has 5 heterocycles. The molecule has 4 aromatic rings. The summed E-state index contributed by atoms with van der Waals surface area (Å²) in [5.74, 6) is 1.16.